The number of primary amides is 1. The van der Waals surface area contributed by atoms with Gasteiger partial charge in [-0.05, 0) is 25.0 Å². The molecule has 2 heterocycles. The van der Waals surface area contributed by atoms with Crippen molar-refractivity contribution in [3.8, 4) is 5.75 Å². The molecule has 2 aliphatic rings. The maximum Gasteiger partial charge on any atom is 0.248 e. The number of fused-ring (bicyclic) bond motifs is 1. The minimum atomic E-state index is -0.503. The molecule has 142 valence electrons. The first-order chi connectivity index (χ1) is 12.4. The number of methoxy groups -OCH3 is 1. The van der Waals surface area contributed by atoms with Crippen LogP contribution >= 0.6 is 0 Å². The third-order valence-electron chi connectivity index (χ3n) is 5.30. The average Bonchev–Trinajstić information content (AvgIpc) is 2.81. The van der Waals surface area contributed by atoms with Gasteiger partial charge in [-0.25, -0.2) is 0 Å². The van der Waals surface area contributed by atoms with Crippen molar-refractivity contribution in [2.45, 2.75) is 32.4 Å². The van der Waals surface area contributed by atoms with Crippen LogP contribution in [0.1, 0.15) is 35.7 Å². The predicted molar refractivity (Wildman–Crippen MR) is 94.8 cm³/mol. The van der Waals surface area contributed by atoms with E-state index in [-0.39, 0.29) is 11.9 Å². The summed E-state index contributed by atoms with van der Waals surface area (Å²) < 4.78 is 16.7. The molecule has 0 saturated carbocycles. The molecule has 26 heavy (non-hydrogen) atoms. The lowest BCUT2D eigenvalue weighted by molar-refractivity contribution is -0.151. The standard InChI is InChI=1S/C19H26N2O5/c1-19(5-7-25-8-6-19)18(23)21-10-14-4-3-13(17(20)22)9-16(14)26-12-15(21)11-24-2/h3-4,9,15H,5-8,10-12H2,1-2H3,(H2,20,22)/t15-/m0/s1. The average molecular weight is 362 g/mol. The van der Waals surface area contributed by atoms with Gasteiger partial charge < -0.3 is 24.8 Å². The fraction of sp³-hybridized carbons (Fsp3) is 0.579. The predicted octanol–water partition coefficient (Wildman–Crippen LogP) is 1.34. The number of nitrogens with zero attached hydrogens (tertiary/aromatic N) is 1. The van der Waals surface area contributed by atoms with E-state index in [0.29, 0.717) is 57.1 Å². The van der Waals surface area contributed by atoms with Crippen LogP contribution in [0.5, 0.6) is 5.75 Å². The van der Waals surface area contributed by atoms with Gasteiger partial charge in [0.1, 0.15) is 12.4 Å². The Balaban J connectivity index is 1.90. The highest BCUT2D eigenvalue weighted by molar-refractivity contribution is 5.93. The maximum atomic E-state index is 13.4. The fourth-order valence-corrected chi connectivity index (χ4v) is 3.51. The second-order valence-corrected chi connectivity index (χ2v) is 7.21. The number of rotatable bonds is 4. The monoisotopic (exact) mass is 362 g/mol. The van der Waals surface area contributed by atoms with Gasteiger partial charge >= 0.3 is 0 Å². The summed E-state index contributed by atoms with van der Waals surface area (Å²) in [6, 6.07) is 4.92. The van der Waals surface area contributed by atoms with Crippen molar-refractivity contribution in [2.24, 2.45) is 11.1 Å². The van der Waals surface area contributed by atoms with Crippen LogP contribution < -0.4 is 10.5 Å². The Labute approximate surface area is 153 Å². The van der Waals surface area contributed by atoms with Gasteiger partial charge in [-0.1, -0.05) is 13.0 Å². The summed E-state index contributed by atoms with van der Waals surface area (Å²) in [6.45, 7) is 4.30. The molecule has 3 rings (SSSR count). The molecular formula is C19H26N2O5. The Morgan fingerprint density at radius 3 is 2.73 bits per heavy atom. The van der Waals surface area contributed by atoms with Gasteiger partial charge in [0.2, 0.25) is 11.8 Å². The molecule has 0 unspecified atom stereocenters. The third-order valence-corrected chi connectivity index (χ3v) is 5.30. The molecule has 1 aromatic carbocycles. The second-order valence-electron chi connectivity index (χ2n) is 7.21. The molecule has 0 aromatic heterocycles. The Hall–Kier alpha value is -2.12. The van der Waals surface area contributed by atoms with E-state index < -0.39 is 11.3 Å². The van der Waals surface area contributed by atoms with E-state index in [1.54, 1.807) is 25.3 Å². The Kier molecular flexibility index (Phi) is 5.48. The van der Waals surface area contributed by atoms with Crippen LogP contribution in [0.15, 0.2) is 18.2 Å². The number of benzene rings is 1. The molecule has 1 aromatic rings. The van der Waals surface area contributed by atoms with Crippen molar-refractivity contribution in [3.05, 3.63) is 29.3 Å². The fourth-order valence-electron chi connectivity index (χ4n) is 3.51. The number of carbonyl (C=O) groups excluding carboxylic acids is 2. The van der Waals surface area contributed by atoms with Crippen LogP contribution in [0.4, 0.5) is 0 Å². The summed E-state index contributed by atoms with van der Waals surface area (Å²) in [5.41, 5.74) is 6.17. The lowest BCUT2D eigenvalue weighted by Gasteiger charge is -2.39. The maximum absolute atomic E-state index is 13.4. The van der Waals surface area contributed by atoms with Gasteiger partial charge in [0.05, 0.1) is 18.1 Å². The van der Waals surface area contributed by atoms with E-state index >= 15 is 0 Å². The van der Waals surface area contributed by atoms with E-state index in [1.165, 1.54) is 0 Å². The molecule has 7 heteroatoms. The molecule has 0 aliphatic carbocycles. The molecule has 2 N–H and O–H groups in total. The van der Waals surface area contributed by atoms with Crippen molar-refractivity contribution in [2.75, 3.05) is 33.5 Å². The first-order valence-corrected chi connectivity index (χ1v) is 8.88. The minimum Gasteiger partial charge on any atom is -0.491 e. The highest BCUT2D eigenvalue weighted by Crippen LogP contribution is 2.35. The van der Waals surface area contributed by atoms with Crippen molar-refractivity contribution >= 4 is 11.8 Å². The molecule has 2 amide bonds. The molecular weight excluding hydrogens is 336 g/mol. The number of nitrogens with two attached hydrogens (primary N) is 1. The molecule has 2 aliphatic heterocycles. The van der Waals surface area contributed by atoms with Crippen LogP contribution in [0.3, 0.4) is 0 Å². The lowest BCUT2D eigenvalue weighted by Crippen LogP contribution is -2.51. The third kappa shape index (κ3) is 3.68. The van der Waals surface area contributed by atoms with Gasteiger partial charge in [0, 0.05) is 38.0 Å². The number of carbonyl (C=O) groups is 2. The smallest absolute Gasteiger partial charge is 0.248 e. The van der Waals surface area contributed by atoms with E-state index in [2.05, 4.69) is 0 Å². The van der Waals surface area contributed by atoms with Crippen molar-refractivity contribution in [1.82, 2.24) is 4.90 Å². The number of amides is 2. The van der Waals surface area contributed by atoms with Crippen LogP contribution in [0, 0.1) is 5.41 Å². The SMILES string of the molecule is COC[C@H]1COc2cc(C(N)=O)ccc2CN1C(=O)C1(C)CCOCC1. The Bertz CT molecular complexity index is 685. The quantitative estimate of drug-likeness (QED) is 0.873. The van der Waals surface area contributed by atoms with E-state index in [4.69, 9.17) is 19.9 Å². The highest BCUT2D eigenvalue weighted by Gasteiger charge is 2.41. The Morgan fingerprint density at radius 1 is 1.35 bits per heavy atom. The van der Waals surface area contributed by atoms with Crippen molar-refractivity contribution in [3.63, 3.8) is 0 Å². The van der Waals surface area contributed by atoms with Crippen molar-refractivity contribution < 1.29 is 23.8 Å². The molecule has 0 spiro atoms. The van der Waals surface area contributed by atoms with Gasteiger partial charge in [-0.2, -0.15) is 0 Å². The normalized spacial score (nSPS) is 22.1. The number of hydrogen-bond acceptors (Lipinski definition) is 5. The highest BCUT2D eigenvalue weighted by atomic mass is 16.5. The largest absolute Gasteiger partial charge is 0.491 e. The summed E-state index contributed by atoms with van der Waals surface area (Å²) in [6.07, 6.45) is 1.41. The zero-order chi connectivity index (χ0) is 18.7. The van der Waals surface area contributed by atoms with Crippen LogP contribution in [0.2, 0.25) is 0 Å². The molecule has 0 bridgehead atoms. The first kappa shape index (κ1) is 18.7. The minimum absolute atomic E-state index is 0.0956. The summed E-state index contributed by atoms with van der Waals surface area (Å²) in [7, 11) is 1.61. The second kappa shape index (κ2) is 7.63. The van der Waals surface area contributed by atoms with E-state index in [1.807, 2.05) is 11.8 Å². The molecule has 1 saturated heterocycles. The van der Waals surface area contributed by atoms with Crippen molar-refractivity contribution in [1.29, 1.82) is 0 Å². The molecule has 7 nitrogen and oxygen atoms in total. The summed E-state index contributed by atoms with van der Waals surface area (Å²) in [5, 5.41) is 0. The van der Waals surface area contributed by atoms with Gasteiger partial charge in [0.15, 0.2) is 0 Å². The number of ether oxygens (including phenoxy) is 3. The molecule has 1 atom stereocenters. The Morgan fingerprint density at radius 2 is 2.08 bits per heavy atom. The zero-order valence-corrected chi connectivity index (χ0v) is 15.3. The topological polar surface area (TPSA) is 91.1 Å². The van der Waals surface area contributed by atoms with Crippen LogP contribution in [-0.4, -0.2) is 56.3 Å². The van der Waals surface area contributed by atoms with E-state index in [0.717, 1.165) is 5.56 Å². The van der Waals surface area contributed by atoms with Gasteiger partial charge in [-0.3, -0.25) is 9.59 Å². The number of hydrogen-bond donors (Lipinski definition) is 1. The first-order valence-electron chi connectivity index (χ1n) is 8.88. The summed E-state index contributed by atoms with van der Waals surface area (Å²) in [4.78, 5) is 26.7. The van der Waals surface area contributed by atoms with Crippen LogP contribution in [-0.2, 0) is 20.8 Å². The lowest BCUT2D eigenvalue weighted by atomic mass is 9.80. The molecule has 0 radical (unpaired) electrons. The van der Waals surface area contributed by atoms with E-state index in [9.17, 15) is 9.59 Å². The summed E-state index contributed by atoms with van der Waals surface area (Å²) in [5.74, 6) is 0.185. The zero-order valence-electron chi connectivity index (χ0n) is 15.3. The van der Waals surface area contributed by atoms with Crippen LogP contribution in [0.25, 0.3) is 0 Å². The van der Waals surface area contributed by atoms with Gasteiger partial charge in [0.25, 0.3) is 0 Å². The molecule has 1 fully saturated rings. The summed E-state index contributed by atoms with van der Waals surface area (Å²) >= 11 is 0. The van der Waals surface area contributed by atoms with Gasteiger partial charge in [-0.15, -0.1) is 0 Å².